The third kappa shape index (κ3) is 4.56. The molecule has 0 bridgehead atoms. The fourth-order valence-corrected chi connectivity index (χ4v) is 5.28. The van der Waals surface area contributed by atoms with Crippen molar-refractivity contribution >= 4 is 46.6 Å². The maximum absolute atomic E-state index is 13.6. The summed E-state index contributed by atoms with van der Waals surface area (Å²) < 4.78 is 12.7. The number of ether oxygens (including phenoxy) is 2. The number of allylic oxidation sites excluding steroid dienone is 1. The van der Waals surface area contributed by atoms with Crippen LogP contribution < -0.4 is 19.6 Å². The molecule has 4 rings (SSSR count). The lowest BCUT2D eigenvalue weighted by Crippen LogP contribution is -2.40. The van der Waals surface area contributed by atoms with Crippen LogP contribution in [0.5, 0.6) is 5.75 Å². The highest BCUT2D eigenvalue weighted by molar-refractivity contribution is 7.07. The summed E-state index contributed by atoms with van der Waals surface area (Å²) in [6.45, 7) is 5.30. The predicted octanol–water partition coefficient (Wildman–Crippen LogP) is 4.50. The maximum atomic E-state index is 13.6. The van der Waals surface area contributed by atoms with Crippen molar-refractivity contribution < 1.29 is 14.3 Å². The second-order valence-electron chi connectivity index (χ2n) is 7.94. The Morgan fingerprint density at radius 3 is 2.38 bits per heavy atom. The molecule has 0 fully saturated rings. The number of benzene rings is 2. The second-order valence-corrected chi connectivity index (χ2v) is 9.77. The number of nitrogens with zero attached hydrogens (tertiary/aromatic N) is 2. The number of thiazole rings is 1. The van der Waals surface area contributed by atoms with Gasteiger partial charge in [-0.3, -0.25) is 9.36 Å². The summed E-state index contributed by atoms with van der Waals surface area (Å²) in [5.41, 5.74) is 1.79. The number of aromatic nitrogens is 1. The van der Waals surface area contributed by atoms with Gasteiger partial charge in [-0.05, 0) is 56.7 Å². The first-order valence-corrected chi connectivity index (χ1v) is 12.1. The van der Waals surface area contributed by atoms with E-state index in [1.165, 1.54) is 15.9 Å². The van der Waals surface area contributed by atoms with Gasteiger partial charge in [-0.1, -0.05) is 52.7 Å². The molecule has 0 aliphatic carbocycles. The van der Waals surface area contributed by atoms with E-state index in [1.807, 2.05) is 12.1 Å². The molecule has 1 atom stereocenters. The minimum atomic E-state index is -0.711. The van der Waals surface area contributed by atoms with E-state index in [4.69, 9.17) is 32.7 Å². The molecule has 0 spiro atoms. The zero-order chi connectivity index (χ0) is 24.6. The molecule has 2 heterocycles. The smallest absolute Gasteiger partial charge is 0.338 e. The van der Waals surface area contributed by atoms with Gasteiger partial charge in [-0.2, -0.15) is 0 Å². The lowest BCUT2D eigenvalue weighted by atomic mass is 9.96. The Hall–Kier alpha value is -2.87. The lowest BCUT2D eigenvalue weighted by Gasteiger charge is -2.25. The van der Waals surface area contributed by atoms with Crippen LogP contribution in [0.25, 0.3) is 6.08 Å². The first-order chi connectivity index (χ1) is 16.2. The third-order valence-electron chi connectivity index (χ3n) is 5.29. The Morgan fingerprint density at radius 1 is 1.15 bits per heavy atom. The van der Waals surface area contributed by atoms with E-state index in [9.17, 15) is 9.59 Å². The zero-order valence-electron chi connectivity index (χ0n) is 19.0. The van der Waals surface area contributed by atoms with Crippen molar-refractivity contribution in [3.63, 3.8) is 0 Å². The van der Waals surface area contributed by atoms with Gasteiger partial charge in [0.2, 0.25) is 0 Å². The average Bonchev–Trinajstić information content (AvgIpc) is 3.09. The molecule has 0 saturated heterocycles. The molecular formula is C25H22Cl2N2O4S. The van der Waals surface area contributed by atoms with Crippen LogP contribution in [0.15, 0.2) is 63.5 Å². The molecule has 0 unspecified atom stereocenters. The molecule has 9 heteroatoms. The van der Waals surface area contributed by atoms with Crippen molar-refractivity contribution in [1.29, 1.82) is 0 Å². The summed E-state index contributed by atoms with van der Waals surface area (Å²) in [5, 5.41) is 0.866. The monoisotopic (exact) mass is 516 g/mol. The molecule has 34 heavy (non-hydrogen) atoms. The van der Waals surface area contributed by atoms with Crippen LogP contribution in [0.3, 0.4) is 0 Å². The molecule has 1 aromatic heterocycles. The van der Waals surface area contributed by atoms with Crippen LogP contribution >= 0.6 is 34.5 Å². The highest BCUT2D eigenvalue weighted by Gasteiger charge is 2.33. The molecule has 1 aliphatic rings. The molecule has 3 aromatic rings. The quantitative estimate of drug-likeness (QED) is 0.468. The molecule has 2 aromatic carbocycles. The largest absolute Gasteiger partial charge is 0.497 e. The first kappa shape index (κ1) is 24.3. The summed E-state index contributed by atoms with van der Waals surface area (Å²) in [6.07, 6.45) is 1.33. The SMILES string of the molecule is COc1ccc([C@@H]2C(C(=O)OC(C)C)=C(C)N=c3s/c(=C\c4c(Cl)cccc4Cl)c(=O)n32)cc1. The van der Waals surface area contributed by atoms with Gasteiger partial charge in [0.05, 0.1) is 35.1 Å². The molecule has 176 valence electrons. The highest BCUT2D eigenvalue weighted by atomic mass is 35.5. The maximum Gasteiger partial charge on any atom is 0.338 e. The van der Waals surface area contributed by atoms with Gasteiger partial charge in [0.25, 0.3) is 5.56 Å². The fraction of sp³-hybridized carbons (Fsp3) is 0.240. The van der Waals surface area contributed by atoms with E-state index in [1.54, 1.807) is 64.3 Å². The number of rotatable bonds is 5. The lowest BCUT2D eigenvalue weighted by molar-refractivity contribution is -0.143. The van der Waals surface area contributed by atoms with Crippen LogP contribution in [0.1, 0.15) is 37.9 Å². The minimum absolute atomic E-state index is 0.303. The standard InChI is InChI=1S/C25H22Cl2N2O4S/c1-13(2)33-24(31)21-14(3)28-25-29(22(21)15-8-10-16(32-4)11-9-15)23(30)20(34-25)12-17-18(26)6-5-7-19(17)27/h5-13,22H,1-4H3/b20-12-/t22-/m1/s1. The van der Waals surface area contributed by atoms with Crippen molar-refractivity contribution in [3.8, 4) is 5.75 Å². The third-order valence-corrected chi connectivity index (χ3v) is 6.93. The first-order valence-electron chi connectivity index (χ1n) is 10.5. The van der Waals surface area contributed by atoms with Crippen molar-refractivity contribution in [2.45, 2.75) is 32.9 Å². The number of halogens is 2. The van der Waals surface area contributed by atoms with Gasteiger partial charge in [-0.25, -0.2) is 9.79 Å². The number of fused-ring (bicyclic) bond motifs is 1. The Kier molecular flexibility index (Phi) is 6.98. The number of hydrogen-bond donors (Lipinski definition) is 0. The fourth-order valence-electron chi connectivity index (χ4n) is 3.74. The van der Waals surface area contributed by atoms with Gasteiger partial charge in [0.15, 0.2) is 4.80 Å². The predicted molar refractivity (Wildman–Crippen MR) is 134 cm³/mol. The number of esters is 1. The Balaban J connectivity index is 1.97. The summed E-state index contributed by atoms with van der Waals surface area (Å²) in [6, 6.07) is 11.7. The number of methoxy groups -OCH3 is 1. The summed E-state index contributed by atoms with van der Waals surface area (Å²) in [5.74, 6) is 0.150. The Bertz CT molecular complexity index is 1450. The Morgan fingerprint density at radius 2 is 1.79 bits per heavy atom. The Labute approximate surface area is 210 Å². The van der Waals surface area contributed by atoms with E-state index in [2.05, 4.69) is 4.99 Å². The number of carbonyl (C=O) groups excluding carboxylic acids is 1. The van der Waals surface area contributed by atoms with Gasteiger partial charge in [-0.15, -0.1) is 0 Å². The number of hydrogen-bond acceptors (Lipinski definition) is 6. The normalized spacial score (nSPS) is 15.9. The topological polar surface area (TPSA) is 69.9 Å². The zero-order valence-corrected chi connectivity index (χ0v) is 21.3. The minimum Gasteiger partial charge on any atom is -0.497 e. The van der Waals surface area contributed by atoms with Crippen LogP contribution in [0, 0.1) is 0 Å². The van der Waals surface area contributed by atoms with E-state index in [0.717, 1.165) is 5.56 Å². The van der Waals surface area contributed by atoms with Crippen molar-refractivity contribution in [2.75, 3.05) is 7.11 Å². The van der Waals surface area contributed by atoms with Crippen LogP contribution in [0.4, 0.5) is 0 Å². The molecular weight excluding hydrogens is 495 g/mol. The van der Waals surface area contributed by atoms with E-state index in [0.29, 0.717) is 42.0 Å². The van der Waals surface area contributed by atoms with Crippen LogP contribution in [0.2, 0.25) is 10.0 Å². The second kappa shape index (κ2) is 9.78. The van der Waals surface area contributed by atoms with Gasteiger partial charge in [0.1, 0.15) is 5.75 Å². The van der Waals surface area contributed by atoms with Crippen molar-refractivity contribution in [3.05, 3.63) is 94.6 Å². The average molecular weight is 517 g/mol. The summed E-state index contributed by atoms with van der Waals surface area (Å²) in [7, 11) is 1.58. The number of carbonyl (C=O) groups is 1. The van der Waals surface area contributed by atoms with Gasteiger partial charge >= 0.3 is 5.97 Å². The molecule has 0 saturated carbocycles. The van der Waals surface area contributed by atoms with E-state index >= 15 is 0 Å². The molecule has 1 aliphatic heterocycles. The molecule has 0 radical (unpaired) electrons. The summed E-state index contributed by atoms with van der Waals surface area (Å²) in [4.78, 5) is 31.8. The van der Waals surface area contributed by atoms with E-state index < -0.39 is 12.0 Å². The summed E-state index contributed by atoms with van der Waals surface area (Å²) >= 11 is 13.9. The molecule has 0 amide bonds. The van der Waals surface area contributed by atoms with Gasteiger partial charge < -0.3 is 9.47 Å². The van der Waals surface area contributed by atoms with Crippen LogP contribution in [-0.2, 0) is 9.53 Å². The van der Waals surface area contributed by atoms with E-state index in [-0.39, 0.29) is 11.7 Å². The van der Waals surface area contributed by atoms with Crippen molar-refractivity contribution in [2.24, 2.45) is 4.99 Å². The van der Waals surface area contributed by atoms with Crippen LogP contribution in [-0.4, -0.2) is 23.8 Å². The van der Waals surface area contributed by atoms with Gasteiger partial charge in [0, 0.05) is 15.6 Å². The highest BCUT2D eigenvalue weighted by Crippen LogP contribution is 2.32. The van der Waals surface area contributed by atoms with Crippen molar-refractivity contribution in [1.82, 2.24) is 4.57 Å². The molecule has 0 N–H and O–H groups in total. The molecule has 6 nitrogen and oxygen atoms in total.